The molecule has 66 valence electrons. The fraction of sp³-hybridized carbons (Fsp3) is 0. The first-order valence-corrected chi connectivity index (χ1v) is 4.50. The smallest absolute Gasteiger partial charge is 0.181 e. The van der Waals surface area contributed by atoms with Gasteiger partial charge in [0.15, 0.2) is 11.5 Å². The molecule has 0 unspecified atom stereocenters. The Balaban J connectivity index is 2.14. The van der Waals surface area contributed by atoms with Crippen LogP contribution in [0.15, 0.2) is 22.5 Å². The quantitative estimate of drug-likeness (QED) is 0.790. The maximum atomic E-state index is 5.47. The van der Waals surface area contributed by atoms with Gasteiger partial charge < -0.3 is 10.2 Å². The van der Waals surface area contributed by atoms with E-state index in [-0.39, 0.29) is 0 Å². The number of hydrogen-bond acceptors (Lipinski definition) is 5. The normalized spacial score (nSPS) is 11.1. The molecule has 0 saturated carbocycles. The highest BCUT2D eigenvalue weighted by molar-refractivity contribution is 7.13. The van der Waals surface area contributed by atoms with Crippen molar-refractivity contribution in [3.63, 3.8) is 0 Å². The van der Waals surface area contributed by atoms with Crippen molar-refractivity contribution in [1.82, 2.24) is 9.97 Å². The van der Waals surface area contributed by atoms with Gasteiger partial charge in [-0.05, 0) is 12.2 Å². The van der Waals surface area contributed by atoms with Crippen molar-refractivity contribution in [2.75, 3.05) is 5.73 Å². The molecule has 2 N–H and O–H groups in total. The number of rotatable bonds is 2. The van der Waals surface area contributed by atoms with E-state index in [2.05, 4.69) is 9.97 Å². The average molecular weight is 193 g/mol. The summed E-state index contributed by atoms with van der Waals surface area (Å²) in [6, 6.07) is 0. The highest BCUT2D eigenvalue weighted by Gasteiger charge is 1.94. The fourth-order valence-electron chi connectivity index (χ4n) is 0.852. The van der Waals surface area contributed by atoms with Gasteiger partial charge in [-0.3, -0.25) is 0 Å². The van der Waals surface area contributed by atoms with Crippen LogP contribution in [0.4, 0.5) is 5.13 Å². The largest absolute Gasteiger partial charge is 0.451 e. The highest BCUT2D eigenvalue weighted by Crippen LogP contribution is 2.13. The summed E-state index contributed by atoms with van der Waals surface area (Å²) < 4.78 is 4.80. The van der Waals surface area contributed by atoms with E-state index in [9.17, 15) is 0 Å². The second-order valence-corrected chi connectivity index (χ2v) is 3.25. The van der Waals surface area contributed by atoms with Crippen LogP contribution in [-0.4, -0.2) is 9.97 Å². The molecule has 0 spiro atoms. The molecule has 2 rings (SSSR count). The van der Waals surface area contributed by atoms with Crippen LogP contribution in [0.5, 0.6) is 0 Å². The Morgan fingerprint density at radius 3 is 2.85 bits per heavy atom. The molecule has 0 aliphatic heterocycles. The topological polar surface area (TPSA) is 64.9 Å². The van der Waals surface area contributed by atoms with Crippen LogP contribution < -0.4 is 5.73 Å². The van der Waals surface area contributed by atoms with Gasteiger partial charge in [0.2, 0.25) is 0 Å². The lowest BCUT2D eigenvalue weighted by atomic mass is 10.3. The van der Waals surface area contributed by atoms with Crippen molar-refractivity contribution in [2.24, 2.45) is 0 Å². The summed E-state index contributed by atoms with van der Waals surface area (Å²) in [5.41, 5.74) is 7.08. The van der Waals surface area contributed by atoms with Crippen molar-refractivity contribution in [2.45, 2.75) is 0 Å². The number of nitrogens with two attached hydrogens (primary N) is 1. The summed E-state index contributed by atoms with van der Waals surface area (Å²) >= 11 is 1.41. The summed E-state index contributed by atoms with van der Waals surface area (Å²) in [6.07, 6.45) is 6.60. The molecule has 0 fully saturated rings. The van der Waals surface area contributed by atoms with Crippen molar-refractivity contribution < 1.29 is 4.42 Å². The number of hydrogen-bond donors (Lipinski definition) is 1. The van der Waals surface area contributed by atoms with Crippen molar-refractivity contribution in [3.05, 3.63) is 29.4 Å². The molecule has 0 aliphatic carbocycles. The molecule has 0 amide bonds. The van der Waals surface area contributed by atoms with Crippen molar-refractivity contribution in [1.29, 1.82) is 0 Å². The lowest BCUT2D eigenvalue weighted by Gasteiger charge is -1.80. The molecule has 2 heterocycles. The molecule has 0 atom stereocenters. The minimum atomic E-state index is 0.569. The minimum absolute atomic E-state index is 0.569. The summed E-state index contributed by atoms with van der Waals surface area (Å²) in [6.45, 7) is 0. The van der Waals surface area contributed by atoms with Gasteiger partial charge in [0.25, 0.3) is 0 Å². The van der Waals surface area contributed by atoms with Gasteiger partial charge >= 0.3 is 0 Å². The molecule has 4 nitrogen and oxygen atoms in total. The molecule has 0 aliphatic rings. The maximum Gasteiger partial charge on any atom is 0.181 e. The average Bonchev–Trinajstić information content (AvgIpc) is 2.71. The van der Waals surface area contributed by atoms with Crippen LogP contribution in [0.25, 0.3) is 12.2 Å². The predicted molar refractivity (Wildman–Crippen MR) is 52.0 cm³/mol. The third-order valence-corrected chi connectivity index (χ3v) is 2.11. The van der Waals surface area contributed by atoms with Crippen LogP contribution in [0.2, 0.25) is 0 Å². The first-order chi connectivity index (χ1) is 6.34. The highest BCUT2D eigenvalue weighted by atomic mass is 32.1. The molecular weight excluding hydrogens is 186 g/mol. The molecule has 2 aromatic heterocycles. The Morgan fingerprint density at radius 2 is 2.23 bits per heavy atom. The summed E-state index contributed by atoms with van der Waals surface area (Å²) in [5.74, 6) is 0. The number of nitrogens with zero attached hydrogens (tertiary/aromatic N) is 2. The van der Waals surface area contributed by atoms with Gasteiger partial charge in [-0.15, -0.1) is 11.3 Å². The van der Waals surface area contributed by atoms with Crippen LogP contribution in [-0.2, 0) is 0 Å². The van der Waals surface area contributed by atoms with E-state index in [1.165, 1.54) is 17.7 Å². The van der Waals surface area contributed by atoms with Gasteiger partial charge in [-0.1, -0.05) is 0 Å². The predicted octanol–water partition coefficient (Wildman–Crippen LogP) is 1.88. The van der Waals surface area contributed by atoms with Gasteiger partial charge in [0.05, 0.1) is 5.69 Å². The third-order valence-electron chi connectivity index (χ3n) is 1.42. The van der Waals surface area contributed by atoms with Crippen LogP contribution >= 0.6 is 11.3 Å². The van der Waals surface area contributed by atoms with Crippen LogP contribution in [0, 0.1) is 0 Å². The number of nitrogen functional groups attached to an aromatic ring is 1. The third kappa shape index (κ3) is 1.94. The van der Waals surface area contributed by atoms with Gasteiger partial charge in [0, 0.05) is 5.38 Å². The number of anilines is 1. The van der Waals surface area contributed by atoms with E-state index in [0.717, 1.165) is 11.4 Å². The van der Waals surface area contributed by atoms with E-state index in [1.54, 1.807) is 6.26 Å². The Labute approximate surface area is 78.7 Å². The molecular formula is C8H7N3OS. The first kappa shape index (κ1) is 8.00. The van der Waals surface area contributed by atoms with Gasteiger partial charge in [0.1, 0.15) is 12.0 Å². The Morgan fingerprint density at radius 1 is 1.38 bits per heavy atom. The van der Waals surface area contributed by atoms with E-state index < -0.39 is 0 Å². The second-order valence-electron chi connectivity index (χ2n) is 2.36. The van der Waals surface area contributed by atoms with Crippen LogP contribution in [0.1, 0.15) is 11.4 Å². The van der Waals surface area contributed by atoms with E-state index in [1.807, 2.05) is 17.5 Å². The van der Waals surface area contributed by atoms with Gasteiger partial charge in [-0.2, -0.15) is 0 Å². The molecule has 0 aromatic carbocycles. The van der Waals surface area contributed by atoms with Crippen molar-refractivity contribution >= 4 is 28.6 Å². The SMILES string of the molecule is Nc1nc(C=Cc2cocn2)cs1. The standard InChI is InChI=1S/C8H7N3OS/c9-8-11-7(4-13-8)2-1-6-3-12-5-10-6/h1-5H,(H2,9,11). The lowest BCUT2D eigenvalue weighted by Crippen LogP contribution is -1.80. The number of oxazole rings is 1. The summed E-state index contributed by atoms with van der Waals surface area (Å²) in [7, 11) is 0. The second kappa shape index (κ2) is 3.40. The first-order valence-electron chi connectivity index (χ1n) is 3.62. The Hall–Kier alpha value is -1.62. The maximum absolute atomic E-state index is 5.47. The molecule has 13 heavy (non-hydrogen) atoms. The van der Waals surface area contributed by atoms with Crippen LogP contribution in [0.3, 0.4) is 0 Å². The minimum Gasteiger partial charge on any atom is -0.451 e. The Bertz CT molecular complexity index is 405. The van der Waals surface area contributed by atoms with Crippen molar-refractivity contribution in [3.8, 4) is 0 Å². The van der Waals surface area contributed by atoms with E-state index >= 15 is 0 Å². The monoisotopic (exact) mass is 193 g/mol. The van der Waals surface area contributed by atoms with E-state index in [0.29, 0.717) is 5.13 Å². The zero-order valence-electron chi connectivity index (χ0n) is 6.68. The molecule has 5 heteroatoms. The Kier molecular flexibility index (Phi) is 2.09. The summed E-state index contributed by atoms with van der Waals surface area (Å²) in [5, 5.41) is 2.45. The number of aromatic nitrogens is 2. The lowest BCUT2D eigenvalue weighted by molar-refractivity contribution is 0.557. The fourth-order valence-corrected chi connectivity index (χ4v) is 1.38. The molecule has 2 aromatic rings. The number of thiazole rings is 1. The molecule has 0 radical (unpaired) electrons. The zero-order chi connectivity index (χ0) is 9.10. The summed E-state index contributed by atoms with van der Waals surface area (Å²) in [4.78, 5) is 7.99. The van der Waals surface area contributed by atoms with Gasteiger partial charge in [-0.25, -0.2) is 9.97 Å². The van der Waals surface area contributed by atoms with E-state index in [4.69, 9.17) is 10.2 Å². The molecule has 0 saturated heterocycles. The zero-order valence-corrected chi connectivity index (χ0v) is 7.49. The molecule has 0 bridgehead atoms.